The third-order valence-corrected chi connectivity index (χ3v) is 6.50. The minimum absolute atomic E-state index is 0.0415. The number of rotatable bonds is 5. The molecule has 0 aliphatic rings. The van der Waals surface area contributed by atoms with E-state index in [1.807, 2.05) is 54.6 Å². The highest BCUT2D eigenvalue weighted by Gasteiger charge is 2.19. The smallest absolute Gasteiger partial charge is 0.213 e. The van der Waals surface area contributed by atoms with Crippen molar-refractivity contribution in [1.29, 1.82) is 0 Å². The average Bonchev–Trinajstić information content (AvgIpc) is 2.95. The van der Waals surface area contributed by atoms with E-state index in [1.165, 1.54) is 0 Å². The van der Waals surface area contributed by atoms with Crippen LogP contribution in [0.25, 0.3) is 44.6 Å². The number of hydrogen-bond donors (Lipinski definition) is 1. The first-order valence-corrected chi connectivity index (χ1v) is 12.1. The summed E-state index contributed by atoms with van der Waals surface area (Å²) in [7, 11) is 0. The number of benzene rings is 3. The van der Waals surface area contributed by atoms with Crippen LogP contribution in [-0.4, -0.2) is 25.7 Å². The van der Waals surface area contributed by atoms with Crippen molar-refractivity contribution in [3.63, 3.8) is 0 Å². The predicted molar refractivity (Wildman–Crippen MR) is 146 cm³/mol. The van der Waals surface area contributed by atoms with Gasteiger partial charge in [0.05, 0.1) is 21.9 Å². The fourth-order valence-corrected chi connectivity index (χ4v) is 4.66. The van der Waals surface area contributed by atoms with Crippen LogP contribution in [0.15, 0.2) is 102 Å². The summed E-state index contributed by atoms with van der Waals surface area (Å²) in [6, 6.07) is 26.0. The first kappa shape index (κ1) is 22.8. The van der Waals surface area contributed by atoms with E-state index in [9.17, 15) is 9.59 Å². The number of fused-ring (bicyclic) bond motifs is 2. The molecule has 37 heavy (non-hydrogen) atoms. The summed E-state index contributed by atoms with van der Waals surface area (Å²) in [5.41, 5.74) is 4.42. The number of halogens is 1. The number of H-pyrrole nitrogens is 1. The molecule has 0 saturated carbocycles. The highest BCUT2D eigenvalue weighted by molar-refractivity contribution is 6.35. The molecule has 3 heterocycles. The van der Waals surface area contributed by atoms with Crippen molar-refractivity contribution in [3.05, 3.63) is 124 Å². The largest absolute Gasteiger partial charge is 0.344 e. The molecule has 0 atom stereocenters. The Bertz CT molecular complexity index is 1850. The van der Waals surface area contributed by atoms with E-state index < -0.39 is 0 Å². The molecule has 0 aliphatic heterocycles. The third-order valence-electron chi connectivity index (χ3n) is 6.21. The standard InChI is InChI=1S/C30H19ClN4O2/c31-23-15-21(14-20-12-7-13-32-25(20)23)27-26(19-10-5-2-6-11-19)35-30-28(34-27)29(37)22(17-33-30)16-24(36)18-8-3-1-4-9-18/h1-15,17H,16H2,(H,33,35,37). The zero-order valence-electron chi connectivity index (χ0n) is 19.5. The van der Waals surface area contributed by atoms with Gasteiger partial charge in [-0.1, -0.05) is 78.3 Å². The Morgan fingerprint density at radius 1 is 0.811 bits per heavy atom. The summed E-state index contributed by atoms with van der Waals surface area (Å²) in [6.07, 6.45) is 3.20. The highest BCUT2D eigenvalue weighted by atomic mass is 35.5. The molecule has 0 amide bonds. The SMILES string of the molecule is O=C(Cc1c[nH]c2nc(-c3ccccc3)c(-c3cc(Cl)c4ncccc4c3)nc2c1=O)c1ccccc1. The Morgan fingerprint density at radius 2 is 1.54 bits per heavy atom. The predicted octanol–water partition coefficient (Wildman–Crippen LogP) is 6.28. The molecule has 6 aromatic rings. The second-order valence-electron chi connectivity index (χ2n) is 8.63. The number of hydrogen-bond acceptors (Lipinski definition) is 5. The van der Waals surface area contributed by atoms with Gasteiger partial charge in [0.25, 0.3) is 0 Å². The fraction of sp³-hybridized carbons (Fsp3) is 0.0333. The van der Waals surface area contributed by atoms with Gasteiger partial charge in [0.15, 0.2) is 16.9 Å². The molecule has 0 spiro atoms. The number of nitrogens with one attached hydrogen (secondary N) is 1. The molecule has 3 aromatic carbocycles. The van der Waals surface area contributed by atoms with Crippen molar-refractivity contribution in [2.24, 2.45) is 0 Å². The maximum Gasteiger partial charge on any atom is 0.213 e. The summed E-state index contributed by atoms with van der Waals surface area (Å²) < 4.78 is 0. The van der Waals surface area contributed by atoms with E-state index in [0.717, 1.165) is 10.9 Å². The van der Waals surface area contributed by atoms with Crippen molar-refractivity contribution in [2.45, 2.75) is 6.42 Å². The molecule has 0 saturated heterocycles. The summed E-state index contributed by atoms with van der Waals surface area (Å²) in [5, 5.41) is 1.33. The summed E-state index contributed by atoms with van der Waals surface area (Å²) in [6.45, 7) is 0. The van der Waals surface area contributed by atoms with Gasteiger partial charge in [-0.05, 0) is 18.2 Å². The maximum absolute atomic E-state index is 13.5. The minimum atomic E-state index is -0.333. The first-order chi connectivity index (χ1) is 18.1. The van der Waals surface area contributed by atoms with E-state index in [2.05, 4.69) is 9.97 Å². The van der Waals surface area contributed by atoms with Gasteiger partial charge >= 0.3 is 0 Å². The van der Waals surface area contributed by atoms with E-state index in [0.29, 0.717) is 44.3 Å². The molecule has 3 aromatic heterocycles. The summed E-state index contributed by atoms with van der Waals surface area (Å²) >= 11 is 6.58. The first-order valence-electron chi connectivity index (χ1n) is 11.7. The topological polar surface area (TPSA) is 88.6 Å². The van der Waals surface area contributed by atoms with Gasteiger partial charge in [-0.2, -0.15) is 0 Å². The quantitative estimate of drug-likeness (QED) is 0.280. The number of pyridine rings is 2. The van der Waals surface area contributed by atoms with Crippen LogP contribution in [-0.2, 0) is 6.42 Å². The summed E-state index contributed by atoms with van der Waals surface area (Å²) in [5.74, 6) is -0.145. The molecule has 0 radical (unpaired) electrons. The number of nitrogens with zero attached hydrogens (tertiary/aromatic N) is 3. The van der Waals surface area contributed by atoms with Crippen LogP contribution in [0.4, 0.5) is 0 Å². The van der Waals surface area contributed by atoms with Crippen molar-refractivity contribution in [1.82, 2.24) is 19.9 Å². The zero-order valence-corrected chi connectivity index (χ0v) is 20.2. The van der Waals surface area contributed by atoms with Crippen LogP contribution >= 0.6 is 11.6 Å². The number of aromatic nitrogens is 4. The van der Waals surface area contributed by atoms with Crippen molar-refractivity contribution >= 4 is 39.5 Å². The second kappa shape index (κ2) is 9.41. The van der Waals surface area contributed by atoms with Crippen LogP contribution in [0.3, 0.4) is 0 Å². The van der Waals surface area contributed by atoms with E-state index in [4.69, 9.17) is 21.6 Å². The van der Waals surface area contributed by atoms with Gasteiger partial charge in [0, 0.05) is 46.5 Å². The zero-order chi connectivity index (χ0) is 25.4. The van der Waals surface area contributed by atoms with Gasteiger partial charge in [0.2, 0.25) is 5.43 Å². The summed E-state index contributed by atoms with van der Waals surface area (Å²) in [4.78, 5) is 43.4. The van der Waals surface area contributed by atoms with Crippen molar-refractivity contribution in [3.8, 4) is 22.5 Å². The Morgan fingerprint density at radius 3 is 2.32 bits per heavy atom. The molecular weight excluding hydrogens is 484 g/mol. The van der Waals surface area contributed by atoms with Crippen LogP contribution in [0.5, 0.6) is 0 Å². The van der Waals surface area contributed by atoms with Gasteiger partial charge < -0.3 is 4.98 Å². The van der Waals surface area contributed by atoms with Crippen LogP contribution in [0.1, 0.15) is 15.9 Å². The van der Waals surface area contributed by atoms with Crippen molar-refractivity contribution in [2.75, 3.05) is 0 Å². The Balaban J connectivity index is 1.55. The third kappa shape index (κ3) is 4.28. The fourth-order valence-electron chi connectivity index (χ4n) is 4.38. The molecule has 0 unspecified atom stereocenters. The molecule has 6 nitrogen and oxygen atoms in total. The Labute approximate surface area is 216 Å². The number of Topliss-reactive ketones (excluding diaryl/α,β-unsaturated/α-hetero) is 1. The van der Waals surface area contributed by atoms with E-state index in [1.54, 1.807) is 42.7 Å². The van der Waals surface area contributed by atoms with Crippen molar-refractivity contribution < 1.29 is 4.79 Å². The lowest BCUT2D eigenvalue weighted by Gasteiger charge is -2.12. The Hall–Kier alpha value is -4.68. The molecule has 1 N–H and O–H groups in total. The number of ketones is 1. The lowest BCUT2D eigenvalue weighted by molar-refractivity contribution is 0.0992. The second-order valence-corrected chi connectivity index (χ2v) is 9.03. The number of aromatic amines is 1. The highest BCUT2D eigenvalue weighted by Crippen LogP contribution is 2.34. The number of carbonyl (C=O) groups is 1. The van der Waals surface area contributed by atoms with Gasteiger partial charge in [-0.3, -0.25) is 14.6 Å². The molecule has 0 bridgehead atoms. The lowest BCUT2D eigenvalue weighted by atomic mass is 10.0. The molecule has 0 fully saturated rings. The molecule has 7 heteroatoms. The normalized spacial score (nSPS) is 11.2. The van der Waals surface area contributed by atoms with E-state index in [-0.39, 0.29) is 23.1 Å². The van der Waals surface area contributed by atoms with Gasteiger partial charge in [-0.25, -0.2) is 9.97 Å². The van der Waals surface area contributed by atoms with Crippen LogP contribution in [0.2, 0.25) is 5.02 Å². The number of carbonyl (C=O) groups excluding carboxylic acids is 1. The monoisotopic (exact) mass is 502 g/mol. The molecular formula is C30H19ClN4O2. The van der Waals surface area contributed by atoms with Crippen LogP contribution < -0.4 is 5.43 Å². The maximum atomic E-state index is 13.5. The molecule has 6 rings (SSSR count). The average molecular weight is 503 g/mol. The van der Waals surface area contributed by atoms with Gasteiger partial charge in [-0.15, -0.1) is 0 Å². The Kier molecular flexibility index (Phi) is 5.79. The molecule has 0 aliphatic carbocycles. The lowest BCUT2D eigenvalue weighted by Crippen LogP contribution is -2.17. The molecule has 178 valence electrons. The van der Waals surface area contributed by atoms with E-state index >= 15 is 0 Å². The minimum Gasteiger partial charge on any atom is -0.344 e. The van der Waals surface area contributed by atoms with Crippen LogP contribution in [0, 0.1) is 0 Å². The van der Waals surface area contributed by atoms with Gasteiger partial charge in [0.1, 0.15) is 0 Å².